The number of phenolic OH excluding ortho intramolecular Hbond substituents is 1. The van der Waals surface area contributed by atoms with Gasteiger partial charge < -0.3 is 21.3 Å². The summed E-state index contributed by atoms with van der Waals surface area (Å²) in [6.45, 7) is 5.58. The van der Waals surface area contributed by atoms with Gasteiger partial charge in [-0.05, 0) is 63.1 Å². The number of aryl methyl sites for hydroxylation is 1. The minimum absolute atomic E-state index is 0.0284. The first kappa shape index (κ1) is 25.7. The summed E-state index contributed by atoms with van der Waals surface area (Å²) < 4.78 is 0. The Kier molecular flexibility index (Phi) is 6.15. The standard InChI is InChI=1S/C26H30N2O8/c1-25(2,3)28-17(31)7-5-11-4-6-15(29)19-14(11)9-12-8-13-10-16(30)20(24(27)35)23(34)26(13,36)22(33)18(12)21(19)32/h4,6,12-13,18,20,29,36H,5,7-10H2,1-3H3,(H2,27,35)(H,28,31)/t12-,13+,18?,20?,26+/m1/s1. The van der Waals surface area contributed by atoms with Crippen molar-refractivity contribution in [3.8, 4) is 5.75 Å². The van der Waals surface area contributed by atoms with Crippen LogP contribution in [0.4, 0.5) is 0 Å². The zero-order chi connectivity index (χ0) is 26.7. The Hall–Kier alpha value is -3.40. The molecule has 2 saturated carbocycles. The molecule has 10 heteroatoms. The van der Waals surface area contributed by atoms with Crippen LogP contribution in [-0.2, 0) is 36.8 Å². The average Bonchev–Trinajstić information content (AvgIpc) is 2.74. The van der Waals surface area contributed by atoms with E-state index in [4.69, 9.17) is 5.73 Å². The monoisotopic (exact) mass is 498 g/mol. The zero-order valence-corrected chi connectivity index (χ0v) is 20.4. The van der Waals surface area contributed by atoms with E-state index in [2.05, 4.69) is 5.32 Å². The van der Waals surface area contributed by atoms with Crippen molar-refractivity contribution in [3.63, 3.8) is 0 Å². The first-order valence-electron chi connectivity index (χ1n) is 12.0. The van der Waals surface area contributed by atoms with Gasteiger partial charge in [-0.25, -0.2) is 0 Å². The van der Waals surface area contributed by atoms with Crippen molar-refractivity contribution in [3.05, 3.63) is 28.8 Å². The Morgan fingerprint density at radius 2 is 1.78 bits per heavy atom. The average molecular weight is 499 g/mol. The second kappa shape index (κ2) is 8.62. The highest BCUT2D eigenvalue weighted by molar-refractivity contribution is 6.31. The minimum atomic E-state index is -2.67. The number of fused-ring (bicyclic) bond motifs is 3. The van der Waals surface area contributed by atoms with Gasteiger partial charge in [0, 0.05) is 24.3 Å². The second-order valence-corrected chi connectivity index (χ2v) is 11.1. The summed E-state index contributed by atoms with van der Waals surface area (Å²) in [5.41, 5.74) is 3.25. The Bertz CT molecular complexity index is 1210. The maximum Gasteiger partial charge on any atom is 0.235 e. The van der Waals surface area contributed by atoms with Gasteiger partial charge in [0.15, 0.2) is 34.7 Å². The fraction of sp³-hybridized carbons (Fsp3) is 0.538. The van der Waals surface area contributed by atoms with E-state index in [1.54, 1.807) is 6.07 Å². The van der Waals surface area contributed by atoms with Crippen LogP contribution in [0, 0.1) is 23.7 Å². The lowest BCUT2D eigenvalue weighted by Crippen LogP contribution is -2.68. The number of hydrogen-bond acceptors (Lipinski definition) is 8. The number of phenols is 1. The lowest BCUT2D eigenvalue weighted by molar-refractivity contribution is -0.175. The number of ketones is 4. The fourth-order valence-corrected chi connectivity index (χ4v) is 5.99. The SMILES string of the molecule is CC(C)(C)NC(=O)CCc1ccc(O)c2c1C[C@H]1C[C@H]3CC(=O)C(C(N)=O)C(=O)[C@@]3(O)C(=O)C1C2=O. The number of nitrogens with two attached hydrogens (primary N) is 1. The van der Waals surface area contributed by atoms with E-state index in [1.807, 2.05) is 20.8 Å². The smallest absolute Gasteiger partial charge is 0.235 e. The van der Waals surface area contributed by atoms with Crippen molar-refractivity contribution in [2.75, 3.05) is 0 Å². The van der Waals surface area contributed by atoms with Crippen LogP contribution in [-0.4, -0.2) is 56.3 Å². The molecule has 2 unspecified atom stereocenters. The fourth-order valence-electron chi connectivity index (χ4n) is 5.99. The number of aliphatic hydroxyl groups is 1. The zero-order valence-electron chi connectivity index (χ0n) is 20.4. The van der Waals surface area contributed by atoms with Crippen molar-refractivity contribution in [1.29, 1.82) is 0 Å². The molecule has 0 bridgehead atoms. The number of nitrogens with one attached hydrogen (secondary N) is 1. The second-order valence-electron chi connectivity index (χ2n) is 11.1. The van der Waals surface area contributed by atoms with Crippen LogP contribution in [0.2, 0.25) is 0 Å². The topological polar surface area (TPSA) is 181 Å². The number of primary amides is 1. The molecule has 10 nitrogen and oxygen atoms in total. The number of rotatable bonds is 4. The molecule has 36 heavy (non-hydrogen) atoms. The van der Waals surface area contributed by atoms with Crippen molar-refractivity contribution < 1.29 is 39.0 Å². The Morgan fingerprint density at radius 1 is 1.11 bits per heavy atom. The highest BCUT2D eigenvalue weighted by Gasteiger charge is 2.66. The molecule has 3 aliphatic carbocycles. The van der Waals surface area contributed by atoms with Gasteiger partial charge in [0.25, 0.3) is 0 Å². The molecule has 1 aromatic carbocycles. The molecule has 2 fully saturated rings. The normalized spacial score (nSPS) is 29.8. The first-order valence-corrected chi connectivity index (χ1v) is 12.0. The van der Waals surface area contributed by atoms with Gasteiger partial charge in [0.1, 0.15) is 5.75 Å². The van der Waals surface area contributed by atoms with Gasteiger partial charge in [-0.3, -0.25) is 28.8 Å². The molecule has 0 saturated heterocycles. The van der Waals surface area contributed by atoms with E-state index in [0.717, 1.165) is 0 Å². The summed E-state index contributed by atoms with van der Waals surface area (Å²) in [5, 5.41) is 24.6. The van der Waals surface area contributed by atoms with Crippen LogP contribution in [0.1, 0.15) is 61.5 Å². The lowest BCUT2D eigenvalue weighted by atomic mass is 9.53. The highest BCUT2D eigenvalue weighted by atomic mass is 16.3. The van der Waals surface area contributed by atoms with Crippen LogP contribution in [0.5, 0.6) is 5.75 Å². The molecule has 192 valence electrons. The molecule has 2 amide bonds. The molecule has 0 aliphatic heterocycles. The number of carbonyl (C=O) groups excluding carboxylic acids is 6. The third-order valence-corrected chi connectivity index (χ3v) is 7.52. The van der Waals surface area contributed by atoms with E-state index in [-0.39, 0.29) is 42.9 Å². The number of amides is 2. The van der Waals surface area contributed by atoms with E-state index in [9.17, 15) is 39.0 Å². The molecule has 0 radical (unpaired) electrons. The van der Waals surface area contributed by atoms with Gasteiger partial charge in [-0.2, -0.15) is 0 Å². The molecule has 0 spiro atoms. The molecule has 4 rings (SSSR count). The van der Waals surface area contributed by atoms with Crippen molar-refractivity contribution in [2.24, 2.45) is 29.4 Å². The van der Waals surface area contributed by atoms with E-state index in [1.165, 1.54) is 6.07 Å². The summed E-state index contributed by atoms with van der Waals surface area (Å²) in [5.74, 6) is -10.6. The Balaban J connectivity index is 1.68. The van der Waals surface area contributed by atoms with E-state index < -0.39 is 63.9 Å². The van der Waals surface area contributed by atoms with Crippen molar-refractivity contribution in [1.82, 2.24) is 5.32 Å². The summed E-state index contributed by atoms with van der Waals surface area (Å²) in [4.78, 5) is 76.4. The van der Waals surface area contributed by atoms with E-state index in [0.29, 0.717) is 17.5 Å². The Labute approximate surface area is 207 Å². The van der Waals surface area contributed by atoms with Crippen LogP contribution in [0.25, 0.3) is 0 Å². The van der Waals surface area contributed by atoms with Gasteiger partial charge in [-0.1, -0.05) is 6.07 Å². The summed E-state index contributed by atoms with van der Waals surface area (Å²) in [6.07, 6.45) is 0.284. The predicted octanol–water partition coefficient (Wildman–Crippen LogP) is 0.174. The third-order valence-electron chi connectivity index (χ3n) is 7.52. The third kappa shape index (κ3) is 4.03. The van der Waals surface area contributed by atoms with Gasteiger partial charge >= 0.3 is 0 Å². The lowest BCUT2D eigenvalue weighted by Gasteiger charge is -2.48. The van der Waals surface area contributed by atoms with Crippen LogP contribution >= 0.6 is 0 Å². The predicted molar refractivity (Wildman–Crippen MR) is 125 cm³/mol. The molecule has 3 aliphatic rings. The Morgan fingerprint density at radius 3 is 2.39 bits per heavy atom. The largest absolute Gasteiger partial charge is 0.507 e. The van der Waals surface area contributed by atoms with Crippen molar-refractivity contribution >= 4 is 34.9 Å². The first-order chi connectivity index (χ1) is 16.7. The van der Waals surface area contributed by atoms with E-state index >= 15 is 0 Å². The molecular weight excluding hydrogens is 468 g/mol. The summed E-state index contributed by atoms with van der Waals surface area (Å²) in [7, 11) is 0. The quantitative estimate of drug-likeness (QED) is 0.424. The number of hydrogen-bond donors (Lipinski definition) is 4. The molecule has 5 atom stereocenters. The number of aromatic hydroxyl groups is 1. The van der Waals surface area contributed by atoms with Crippen LogP contribution < -0.4 is 11.1 Å². The number of Topliss-reactive ketones (excluding diaryl/α,β-unsaturated/α-hetero) is 4. The number of benzene rings is 1. The van der Waals surface area contributed by atoms with Crippen LogP contribution in [0.3, 0.4) is 0 Å². The van der Waals surface area contributed by atoms with Crippen LogP contribution in [0.15, 0.2) is 12.1 Å². The maximum absolute atomic E-state index is 13.5. The maximum atomic E-state index is 13.5. The molecule has 5 N–H and O–H groups in total. The highest BCUT2D eigenvalue weighted by Crippen LogP contribution is 2.50. The number of carbonyl (C=O) groups is 6. The summed E-state index contributed by atoms with van der Waals surface area (Å²) >= 11 is 0. The molecule has 1 aromatic rings. The molecule has 0 heterocycles. The molecular formula is C26H30N2O8. The summed E-state index contributed by atoms with van der Waals surface area (Å²) in [6, 6.07) is 2.96. The van der Waals surface area contributed by atoms with Gasteiger partial charge in [-0.15, -0.1) is 0 Å². The van der Waals surface area contributed by atoms with Crippen molar-refractivity contribution in [2.45, 2.75) is 64.0 Å². The van der Waals surface area contributed by atoms with Gasteiger partial charge in [0.05, 0.1) is 11.5 Å². The molecule has 0 aromatic heterocycles. The minimum Gasteiger partial charge on any atom is -0.507 e. The van der Waals surface area contributed by atoms with Gasteiger partial charge in [0.2, 0.25) is 11.8 Å².